The smallest absolute Gasteiger partial charge is 0.257 e. The van der Waals surface area contributed by atoms with E-state index in [1.165, 1.54) is 6.20 Å². The normalized spacial score (nSPS) is 10.2. The highest BCUT2D eigenvalue weighted by Crippen LogP contribution is 2.25. The van der Waals surface area contributed by atoms with Crippen LogP contribution in [0, 0.1) is 0 Å². The van der Waals surface area contributed by atoms with E-state index in [-0.39, 0.29) is 11.4 Å². The molecule has 3 nitrogen and oxygen atoms in total. The van der Waals surface area contributed by atoms with Crippen LogP contribution in [0.4, 0.5) is 0 Å². The van der Waals surface area contributed by atoms with Crippen LogP contribution in [0.5, 0.6) is 5.75 Å². The molecular weight excluding hydrogens is 166 g/mol. The van der Waals surface area contributed by atoms with Crippen molar-refractivity contribution in [3.8, 4) is 5.75 Å². The van der Waals surface area contributed by atoms with Gasteiger partial charge < -0.3 is 5.11 Å². The van der Waals surface area contributed by atoms with Crippen molar-refractivity contribution >= 4 is 17.1 Å². The van der Waals surface area contributed by atoms with Crippen LogP contribution in [-0.4, -0.2) is 16.4 Å². The Balaban J connectivity index is 2.86. The maximum absolute atomic E-state index is 10.3. The topological polar surface area (TPSA) is 50.2 Å². The second kappa shape index (κ2) is 2.86. The Morgan fingerprint density at radius 2 is 2.08 bits per heavy atom. The van der Waals surface area contributed by atoms with E-state index in [1.54, 1.807) is 18.4 Å². The minimum Gasteiger partial charge on any atom is -0.505 e. The lowest BCUT2D eigenvalue weighted by molar-refractivity contribution is 0.475. The van der Waals surface area contributed by atoms with Crippen molar-refractivity contribution < 1.29 is 9.90 Å². The maximum atomic E-state index is 10.3. The monoisotopic (exact) mass is 172 g/mol. The van der Waals surface area contributed by atoms with Crippen LogP contribution in [0.2, 0.25) is 0 Å². The van der Waals surface area contributed by atoms with E-state index < -0.39 is 0 Å². The van der Waals surface area contributed by atoms with E-state index in [0.717, 1.165) is 5.39 Å². The van der Waals surface area contributed by atoms with Crippen LogP contribution < -0.4 is 0 Å². The lowest BCUT2D eigenvalue weighted by Gasteiger charge is -2.00. The second-order valence-corrected chi connectivity index (χ2v) is 2.64. The van der Waals surface area contributed by atoms with Crippen LogP contribution in [0.1, 0.15) is 5.69 Å². The molecule has 0 aliphatic carbocycles. The fraction of sp³-hybridized carbons (Fsp3) is 0. The summed E-state index contributed by atoms with van der Waals surface area (Å²) in [4.78, 5) is 14.1. The molecule has 0 aliphatic heterocycles. The van der Waals surface area contributed by atoms with E-state index in [9.17, 15) is 9.90 Å². The van der Waals surface area contributed by atoms with Crippen LogP contribution in [0.15, 0.2) is 30.5 Å². The Morgan fingerprint density at radius 1 is 1.31 bits per heavy atom. The van der Waals surface area contributed by atoms with Crippen molar-refractivity contribution in [3.63, 3.8) is 0 Å². The molecule has 1 aromatic heterocycles. The first-order valence-electron chi connectivity index (χ1n) is 3.78. The van der Waals surface area contributed by atoms with Crippen LogP contribution in [-0.2, 0) is 4.79 Å². The molecule has 63 valence electrons. The number of nitrogens with zero attached hydrogens (tertiary/aromatic N) is 1. The van der Waals surface area contributed by atoms with Gasteiger partial charge in [0.05, 0.1) is 0 Å². The Hall–Kier alpha value is -1.90. The summed E-state index contributed by atoms with van der Waals surface area (Å²) in [6.07, 6.45) is 3.11. The first kappa shape index (κ1) is 7.73. The molecule has 0 saturated heterocycles. The molecule has 1 aromatic carbocycles. The Kier molecular flexibility index (Phi) is 1.70. The fourth-order valence-corrected chi connectivity index (χ4v) is 1.22. The minimum absolute atomic E-state index is 0.0429. The summed E-state index contributed by atoms with van der Waals surface area (Å²) in [5.74, 6) is -0.104. The molecule has 0 aliphatic rings. The van der Waals surface area contributed by atoms with Gasteiger partial charge in [0.15, 0.2) is 11.4 Å². The van der Waals surface area contributed by atoms with E-state index in [0.29, 0.717) is 5.39 Å². The average molecular weight is 172 g/mol. The van der Waals surface area contributed by atoms with Gasteiger partial charge in [0.1, 0.15) is 0 Å². The molecular formula is C10H6NO2. The van der Waals surface area contributed by atoms with E-state index in [2.05, 4.69) is 4.98 Å². The number of rotatable bonds is 1. The molecule has 0 atom stereocenters. The number of benzene rings is 1. The lowest BCUT2D eigenvalue weighted by Crippen LogP contribution is -1.88. The molecule has 0 spiro atoms. The van der Waals surface area contributed by atoms with Gasteiger partial charge in [-0.25, -0.2) is 4.98 Å². The number of hydrogen-bond donors (Lipinski definition) is 1. The van der Waals surface area contributed by atoms with E-state index in [4.69, 9.17) is 0 Å². The maximum Gasteiger partial charge on any atom is 0.257 e. The Bertz CT molecular complexity index is 465. The average Bonchev–Trinajstić information content (AvgIpc) is 2.19. The van der Waals surface area contributed by atoms with Gasteiger partial charge in [-0.2, -0.15) is 0 Å². The third kappa shape index (κ3) is 1.14. The highest BCUT2D eigenvalue weighted by Gasteiger charge is 2.06. The van der Waals surface area contributed by atoms with Crippen molar-refractivity contribution in [2.45, 2.75) is 0 Å². The molecule has 1 N–H and O–H groups in total. The van der Waals surface area contributed by atoms with Crippen LogP contribution in [0.3, 0.4) is 0 Å². The number of pyridine rings is 1. The van der Waals surface area contributed by atoms with Crippen molar-refractivity contribution in [1.29, 1.82) is 0 Å². The van der Waals surface area contributed by atoms with Gasteiger partial charge in [0, 0.05) is 17.0 Å². The summed E-state index contributed by atoms with van der Waals surface area (Å²) in [5.41, 5.74) is -0.0429. The van der Waals surface area contributed by atoms with Crippen molar-refractivity contribution in [3.05, 3.63) is 36.2 Å². The highest BCUT2D eigenvalue weighted by atomic mass is 16.3. The number of aromatic hydroxyl groups is 1. The van der Waals surface area contributed by atoms with Gasteiger partial charge in [-0.05, 0) is 0 Å². The summed E-state index contributed by atoms with van der Waals surface area (Å²) < 4.78 is 0. The molecule has 13 heavy (non-hydrogen) atoms. The molecule has 0 bridgehead atoms. The molecule has 3 heteroatoms. The summed E-state index contributed by atoms with van der Waals surface area (Å²) in [6, 6.07) is 7.17. The zero-order valence-corrected chi connectivity index (χ0v) is 6.69. The molecule has 0 amide bonds. The number of aromatic nitrogens is 1. The Labute approximate surface area is 74.7 Å². The van der Waals surface area contributed by atoms with Crippen molar-refractivity contribution in [2.75, 3.05) is 0 Å². The number of hydrogen-bond acceptors (Lipinski definition) is 3. The number of carbonyl (C=O) groups excluding carboxylic acids is 1. The van der Waals surface area contributed by atoms with Crippen molar-refractivity contribution in [1.82, 2.24) is 4.98 Å². The molecule has 0 fully saturated rings. The standard InChI is InChI=1S/C10H6NO2/c12-6-9-10(13)8-4-2-1-3-7(8)5-11-9/h1-5,13H. The first-order valence-corrected chi connectivity index (χ1v) is 3.78. The van der Waals surface area contributed by atoms with Gasteiger partial charge in [0.2, 0.25) is 0 Å². The van der Waals surface area contributed by atoms with Gasteiger partial charge in [0.25, 0.3) is 6.29 Å². The van der Waals surface area contributed by atoms with Crippen LogP contribution in [0.25, 0.3) is 10.8 Å². The fourth-order valence-electron chi connectivity index (χ4n) is 1.22. The zero-order valence-electron chi connectivity index (χ0n) is 6.69. The predicted molar refractivity (Wildman–Crippen MR) is 48.2 cm³/mol. The van der Waals surface area contributed by atoms with E-state index in [1.807, 2.05) is 12.1 Å². The number of fused-ring (bicyclic) bond motifs is 1. The van der Waals surface area contributed by atoms with E-state index >= 15 is 0 Å². The Morgan fingerprint density at radius 3 is 2.85 bits per heavy atom. The second-order valence-electron chi connectivity index (χ2n) is 2.64. The molecule has 1 heterocycles. The molecule has 2 aromatic rings. The zero-order chi connectivity index (χ0) is 9.26. The SMILES string of the molecule is O=[C]c1ncc2ccccc2c1O. The summed E-state index contributed by atoms with van der Waals surface area (Å²) in [7, 11) is 0. The quantitative estimate of drug-likeness (QED) is 0.707. The van der Waals surface area contributed by atoms with Gasteiger partial charge in [-0.15, -0.1) is 0 Å². The molecule has 1 radical (unpaired) electrons. The van der Waals surface area contributed by atoms with Crippen LogP contribution >= 0.6 is 0 Å². The van der Waals surface area contributed by atoms with Crippen molar-refractivity contribution in [2.24, 2.45) is 0 Å². The third-order valence-electron chi connectivity index (χ3n) is 1.87. The predicted octanol–water partition coefficient (Wildman–Crippen LogP) is 1.40. The molecule has 0 unspecified atom stereocenters. The summed E-state index contributed by atoms with van der Waals surface area (Å²) in [5, 5.41) is 11.0. The van der Waals surface area contributed by atoms with Gasteiger partial charge in [-0.1, -0.05) is 24.3 Å². The molecule has 2 rings (SSSR count). The molecule has 0 saturated carbocycles. The highest BCUT2D eigenvalue weighted by molar-refractivity contribution is 5.93. The largest absolute Gasteiger partial charge is 0.505 e. The summed E-state index contributed by atoms with van der Waals surface area (Å²) >= 11 is 0. The summed E-state index contributed by atoms with van der Waals surface area (Å²) in [6.45, 7) is 0. The van der Waals surface area contributed by atoms with Gasteiger partial charge in [-0.3, -0.25) is 4.79 Å². The third-order valence-corrected chi connectivity index (χ3v) is 1.87. The lowest BCUT2D eigenvalue weighted by atomic mass is 10.1. The minimum atomic E-state index is -0.104. The first-order chi connectivity index (χ1) is 6.33. The van der Waals surface area contributed by atoms with Gasteiger partial charge >= 0.3 is 0 Å².